The van der Waals surface area contributed by atoms with Crippen molar-refractivity contribution in [3.63, 3.8) is 0 Å². The van der Waals surface area contributed by atoms with Gasteiger partial charge in [0.2, 0.25) is 10.0 Å². The van der Waals surface area contributed by atoms with E-state index in [2.05, 4.69) is 10.1 Å². The van der Waals surface area contributed by atoms with Gasteiger partial charge in [0.15, 0.2) is 0 Å². The summed E-state index contributed by atoms with van der Waals surface area (Å²) in [5.74, 6) is -0.369. The number of rotatable bonds is 5. The van der Waals surface area contributed by atoms with Gasteiger partial charge in [-0.05, 0) is 64.2 Å². The van der Waals surface area contributed by atoms with Crippen LogP contribution >= 0.6 is 0 Å². The van der Waals surface area contributed by atoms with E-state index in [0.717, 1.165) is 16.6 Å². The molecule has 2 amide bonds. The van der Waals surface area contributed by atoms with Crippen LogP contribution < -0.4 is 5.73 Å². The largest absolute Gasteiger partial charge is 0.366 e. The molecular formula is C26H29N5O5S. The SMILES string of the molecule is Cc1noc(C)c1-c1cc(C(N)=O)c2c(c1)c1ccc(C(=O)N3CCC(N(C)C)C3)cc1n2S(C)(=O)=O. The number of nitrogens with two attached hydrogens (primary N) is 1. The molecule has 1 aliphatic heterocycles. The zero-order valence-corrected chi connectivity index (χ0v) is 22.2. The molecule has 3 heterocycles. The maximum absolute atomic E-state index is 13.4. The van der Waals surface area contributed by atoms with Gasteiger partial charge in [-0.3, -0.25) is 9.59 Å². The lowest BCUT2D eigenvalue weighted by molar-refractivity contribution is 0.0783. The number of hydrogen-bond donors (Lipinski definition) is 1. The first-order chi connectivity index (χ1) is 17.4. The first-order valence-electron chi connectivity index (χ1n) is 11.9. The summed E-state index contributed by atoms with van der Waals surface area (Å²) in [7, 11) is 0.0903. The van der Waals surface area contributed by atoms with Crippen molar-refractivity contribution in [1.29, 1.82) is 0 Å². The van der Waals surface area contributed by atoms with Crippen LogP contribution in [0.5, 0.6) is 0 Å². The molecule has 4 aromatic rings. The van der Waals surface area contributed by atoms with E-state index in [0.29, 0.717) is 57.5 Å². The van der Waals surface area contributed by atoms with E-state index in [1.807, 2.05) is 20.2 Å². The molecule has 1 aliphatic rings. The first kappa shape index (κ1) is 25.0. The summed E-state index contributed by atoms with van der Waals surface area (Å²) in [5.41, 5.74) is 8.66. The highest BCUT2D eigenvalue weighted by Gasteiger charge is 2.30. The third kappa shape index (κ3) is 4.08. The highest BCUT2D eigenvalue weighted by atomic mass is 32.2. The van der Waals surface area contributed by atoms with Gasteiger partial charge in [-0.15, -0.1) is 0 Å². The Bertz CT molecular complexity index is 1680. The number of amides is 2. The number of aromatic nitrogens is 2. The van der Waals surface area contributed by atoms with Crippen molar-refractivity contribution in [3.8, 4) is 11.1 Å². The van der Waals surface area contributed by atoms with Crippen LogP contribution in [0.2, 0.25) is 0 Å². The molecule has 1 atom stereocenters. The van der Waals surface area contributed by atoms with Gasteiger partial charge in [0.1, 0.15) is 5.76 Å². The fourth-order valence-corrected chi connectivity index (χ4v) is 6.38. The summed E-state index contributed by atoms with van der Waals surface area (Å²) >= 11 is 0. The Hall–Kier alpha value is -3.70. The van der Waals surface area contributed by atoms with Crippen molar-refractivity contribution < 1.29 is 22.5 Å². The first-order valence-corrected chi connectivity index (χ1v) is 13.7. The van der Waals surface area contributed by atoms with Crippen molar-refractivity contribution in [2.45, 2.75) is 26.3 Å². The molecule has 11 heteroatoms. The average Bonchev–Trinajstić information content (AvgIpc) is 3.53. The third-order valence-electron chi connectivity index (χ3n) is 7.17. The van der Waals surface area contributed by atoms with E-state index in [1.165, 1.54) is 0 Å². The molecule has 1 saturated heterocycles. The van der Waals surface area contributed by atoms with Crippen LogP contribution in [0.4, 0.5) is 0 Å². The molecule has 2 aromatic carbocycles. The summed E-state index contributed by atoms with van der Waals surface area (Å²) in [4.78, 5) is 29.8. The van der Waals surface area contributed by atoms with E-state index in [-0.39, 0.29) is 23.0 Å². The summed E-state index contributed by atoms with van der Waals surface area (Å²) in [5, 5.41) is 5.11. The predicted molar refractivity (Wildman–Crippen MR) is 141 cm³/mol. The van der Waals surface area contributed by atoms with Gasteiger partial charge in [0.05, 0.1) is 28.5 Å². The number of fused-ring (bicyclic) bond motifs is 3. The third-order valence-corrected chi connectivity index (χ3v) is 8.21. The standard InChI is InChI=1S/C26H29N5O5S/c1-14-23(15(2)36-28-14)17-10-20-19-7-6-16(26(33)30-9-8-18(13-30)29(3)4)12-22(19)31(37(5,34)35)24(20)21(11-17)25(27)32/h6-7,10-12,18H,8-9,13H2,1-5H3,(H2,27,32). The van der Waals surface area contributed by atoms with Gasteiger partial charge in [0, 0.05) is 41.0 Å². The van der Waals surface area contributed by atoms with Gasteiger partial charge in [0.25, 0.3) is 11.8 Å². The topological polar surface area (TPSA) is 132 Å². The lowest BCUT2D eigenvalue weighted by atomic mass is 9.97. The minimum Gasteiger partial charge on any atom is -0.366 e. The fraction of sp³-hybridized carbons (Fsp3) is 0.346. The minimum absolute atomic E-state index is 0.0513. The Morgan fingerprint density at radius 1 is 1.14 bits per heavy atom. The molecule has 0 aliphatic carbocycles. The zero-order chi connectivity index (χ0) is 26.8. The summed E-state index contributed by atoms with van der Waals surface area (Å²) < 4.78 is 32.5. The molecule has 0 spiro atoms. The molecule has 5 rings (SSSR count). The number of likely N-dealkylation sites (N-methyl/N-ethyl adjacent to an activating group) is 1. The Labute approximate surface area is 214 Å². The van der Waals surface area contributed by atoms with Gasteiger partial charge >= 0.3 is 0 Å². The lowest BCUT2D eigenvalue weighted by Crippen LogP contribution is -2.34. The number of carbonyl (C=O) groups is 2. The molecule has 194 valence electrons. The normalized spacial score (nSPS) is 16.4. The molecule has 37 heavy (non-hydrogen) atoms. The van der Waals surface area contributed by atoms with Gasteiger partial charge in [-0.25, -0.2) is 12.4 Å². The van der Waals surface area contributed by atoms with E-state index in [4.69, 9.17) is 10.3 Å². The predicted octanol–water partition coefficient (Wildman–Crippen LogP) is 2.75. The quantitative estimate of drug-likeness (QED) is 0.425. The smallest absolute Gasteiger partial charge is 0.253 e. The van der Waals surface area contributed by atoms with Gasteiger partial charge in [-0.1, -0.05) is 11.2 Å². The Balaban J connectivity index is 1.77. The van der Waals surface area contributed by atoms with E-state index in [9.17, 15) is 18.0 Å². The molecule has 1 unspecified atom stereocenters. The van der Waals surface area contributed by atoms with Crippen molar-refractivity contribution in [1.82, 2.24) is 18.9 Å². The molecule has 0 bridgehead atoms. The second-order valence-electron chi connectivity index (χ2n) is 9.90. The maximum atomic E-state index is 13.4. The second kappa shape index (κ2) is 8.70. The number of benzene rings is 2. The molecular weight excluding hydrogens is 494 g/mol. The Kier molecular flexibility index (Phi) is 5.87. The zero-order valence-electron chi connectivity index (χ0n) is 21.4. The van der Waals surface area contributed by atoms with Crippen LogP contribution in [-0.2, 0) is 10.0 Å². The van der Waals surface area contributed by atoms with Crippen molar-refractivity contribution in [3.05, 3.63) is 52.9 Å². The Morgan fingerprint density at radius 3 is 2.43 bits per heavy atom. The van der Waals surface area contributed by atoms with Crippen LogP contribution in [0.1, 0.15) is 38.6 Å². The van der Waals surface area contributed by atoms with Crippen LogP contribution in [0.25, 0.3) is 32.9 Å². The second-order valence-corrected chi connectivity index (χ2v) is 11.7. The monoisotopic (exact) mass is 523 g/mol. The van der Waals surface area contributed by atoms with Crippen molar-refractivity contribution in [2.24, 2.45) is 5.73 Å². The van der Waals surface area contributed by atoms with Crippen molar-refractivity contribution in [2.75, 3.05) is 33.4 Å². The summed E-state index contributed by atoms with van der Waals surface area (Å²) in [6.07, 6.45) is 1.94. The van der Waals surface area contributed by atoms with Gasteiger partial charge in [-0.2, -0.15) is 0 Å². The molecule has 0 radical (unpaired) electrons. The fourth-order valence-electron chi connectivity index (χ4n) is 5.34. The number of aryl methyl sites for hydroxylation is 2. The number of carbonyl (C=O) groups excluding carboxylic acids is 2. The molecule has 10 nitrogen and oxygen atoms in total. The van der Waals surface area contributed by atoms with Crippen LogP contribution in [0.3, 0.4) is 0 Å². The Morgan fingerprint density at radius 2 is 1.86 bits per heavy atom. The molecule has 0 saturated carbocycles. The van der Waals surface area contributed by atoms with E-state index >= 15 is 0 Å². The molecule has 2 aromatic heterocycles. The number of nitrogens with zero attached hydrogens (tertiary/aromatic N) is 4. The molecule has 1 fully saturated rings. The number of hydrogen-bond acceptors (Lipinski definition) is 7. The van der Waals surface area contributed by atoms with Gasteiger partial charge < -0.3 is 20.1 Å². The minimum atomic E-state index is -3.89. The van der Waals surface area contributed by atoms with E-state index in [1.54, 1.807) is 43.0 Å². The van der Waals surface area contributed by atoms with E-state index < -0.39 is 15.9 Å². The van der Waals surface area contributed by atoms with Crippen LogP contribution in [0.15, 0.2) is 34.9 Å². The molecule has 2 N–H and O–H groups in total. The maximum Gasteiger partial charge on any atom is 0.253 e. The number of likely N-dealkylation sites (tertiary alicyclic amines) is 1. The highest BCUT2D eigenvalue weighted by Crippen LogP contribution is 2.38. The van der Waals surface area contributed by atoms with Crippen LogP contribution in [0, 0.1) is 13.8 Å². The van der Waals surface area contributed by atoms with Crippen LogP contribution in [-0.4, -0.2) is 78.6 Å². The van der Waals surface area contributed by atoms with Crippen molar-refractivity contribution >= 4 is 43.6 Å². The summed E-state index contributed by atoms with van der Waals surface area (Å²) in [6.45, 7) is 4.78. The lowest BCUT2D eigenvalue weighted by Gasteiger charge is -2.20. The summed E-state index contributed by atoms with van der Waals surface area (Å²) in [6, 6.07) is 8.66. The highest BCUT2D eigenvalue weighted by molar-refractivity contribution is 7.89. The average molecular weight is 524 g/mol. The number of primary amides is 1.